The molecule has 0 saturated carbocycles. The Labute approximate surface area is 135 Å². The van der Waals surface area contributed by atoms with Crippen LogP contribution in [0.4, 0.5) is 0 Å². The van der Waals surface area contributed by atoms with Crippen LogP contribution in [0.3, 0.4) is 0 Å². The summed E-state index contributed by atoms with van der Waals surface area (Å²) in [4.78, 5) is 8.01. The molecule has 3 rings (SSSR count). The Morgan fingerprint density at radius 2 is 1.65 bits per heavy atom. The fraction of sp³-hybridized carbons (Fsp3) is 0.278. The van der Waals surface area contributed by atoms with Crippen molar-refractivity contribution in [2.24, 2.45) is 0 Å². The molecule has 2 aromatic carbocycles. The van der Waals surface area contributed by atoms with E-state index in [4.69, 9.17) is 14.2 Å². The van der Waals surface area contributed by atoms with Gasteiger partial charge in [0.1, 0.15) is 11.3 Å². The van der Waals surface area contributed by atoms with E-state index in [0.29, 0.717) is 17.2 Å². The Morgan fingerprint density at radius 3 is 2.30 bits per heavy atom. The number of rotatable bonds is 6. The Morgan fingerprint density at radius 1 is 0.913 bits per heavy atom. The van der Waals surface area contributed by atoms with Crippen LogP contribution in [0, 0.1) is 0 Å². The number of hydrogen-bond acceptors (Lipinski definition) is 4. The van der Waals surface area contributed by atoms with Crippen molar-refractivity contribution >= 4 is 11.0 Å². The van der Waals surface area contributed by atoms with E-state index in [1.54, 1.807) is 21.3 Å². The van der Waals surface area contributed by atoms with Crippen molar-refractivity contribution < 1.29 is 14.2 Å². The number of H-pyrrole nitrogens is 1. The summed E-state index contributed by atoms with van der Waals surface area (Å²) in [6.07, 6.45) is 1.75. The van der Waals surface area contributed by atoms with E-state index >= 15 is 0 Å². The van der Waals surface area contributed by atoms with E-state index in [0.717, 1.165) is 29.7 Å². The number of methoxy groups -OCH3 is 3. The number of benzene rings is 2. The Kier molecular flexibility index (Phi) is 4.37. The van der Waals surface area contributed by atoms with E-state index in [1.165, 1.54) is 5.56 Å². The fourth-order valence-electron chi connectivity index (χ4n) is 2.69. The maximum Gasteiger partial charge on any atom is 0.205 e. The lowest BCUT2D eigenvalue weighted by atomic mass is 10.1. The zero-order valence-corrected chi connectivity index (χ0v) is 13.6. The summed E-state index contributed by atoms with van der Waals surface area (Å²) in [6, 6.07) is 12.2. The average Bonchev–Trinajstić information content (AvgIpc) is 3.01. The van der Waals surface area contributed by atoms with Gasteiger partial charge < -0.3 is 19.2 Å². The lowest BCUT2D eigenvalue weighted by Gasteiger charge is -2.11. The molecule has 0 radical (unpaired) electrons. The molecule has 0 aliphatic carbocycles. The van der Waals surface area contributed by atoms with E-state index in [-0.39, 0.29) is 0 Å². The number of hydrogen-bond donors (Lipinski definition) is 1. The molecule has 120 valence electrons. The largest absolute Gasteiger partial charge is 0.493 e. The van der Waals surface area contributed by atoms with E-state index in [2.05, 4.69) is 22.1 Å². The van der Waals surface area contributed by atoms with Gasteiger partial charge in [-0.2, -0.15) is 0 Å². The minimum absolute atomic E-state index is 0.559. The van der Waals surface area contributed by atoms with Crippen molar-refractivity contribution in [1.82, 2.24) is 9.97 Å². The number of aryl methyl sites for hydroxylation is 2. The molecule has 0 aliphatic rings. The molecule has 0 amide bonds. The monoisotopic (exact) mass is 312 g/mol. The third kappa shape index (κ3) is 2.95. The van der Waals surface area contributed by atoms with Gasteiger partial charge in [-0.05, 0) is 12.0 Å². The molecule has 1 heterocycles. The Hall–Kier alpha value is -2.69. The summed E-state index contributed by atoms with van der Waals surface area (Å²) in [5.41, 5.74) is 2.92. The number of nitrogens with one attached hydrogen (secondary N) is 1. The van der Waals surface area contributed by atoms with E-state index in [1.807, 2.05) is 24.3 Å². The molecule has 5 heteroatoms. The van der Waals surface area contributed by atoms with Crippen molar-refractivity contribution in [3.63, 3.8) is 0 Å². The van der Waals surface area contributed by atoms with Gasteiger partial charge in [-0.1, -0.05) is 30.3 Å². The molecule has 23 heavy (non-hydrogen) atoms. The summed E-state index contributed by atoms with van der Waals surface area (Å²) in [5, 5.41) is 0. The molecule has 0 aliphatic heterocycles. The zero-order valence-electron chi connectivity index (χ0n) is 13.6. The predicted molar refractivity (Wildman–Crippen MR) is 89.6 cm³/mol. The van der Waals surface area contributed by atoms with Crippen LogP contribution in [0.25, 0.3) is 11.0 Å². The maximum absolute atomic E-state index is 5.48. The van der Waals surface area contributed by atoms with Crippen LogP contribution in [0.2, 0.25) is 0 Å². The second-order valence-electron chi connectivity index (χ2n) is 5.21. The van der Waals surface area contributed by atoms with Gasteiger partial charge in [0.05, 0.1) is 26.8 Å². The number of aromatic amines is 1. The lowest BCUT2D eigenvalue weighted by molar-refractivity contribution is 0.327. The van der Waals surface area contributed by atoms with E-state index < -0.39 is 0 Å². The van der Waals surface area contributed by atoms with Crippen LogP contribution in [0.1, 0.15) is 11.4 Å². The molecule has 0 saturated heterocycles. The van der Waals surface area contributed by atoms with Gasteiger partial charge in [0.15, 0.2) is 11.5 Å². The highest BCUT2D eigenvalue weighted by Gasteiger charge is 2.19. The minimum atomic E-state index is 0.559. The van der Waals surface area contributed by atoms with Crippen LogP contribution in [-0.4, -0.2) is 31.3 Å². The van der Waals surface area contributed by atoms with E-state index in [9.17, 15) is 0 Å². The van der Waals surface area contributed by atoms with Crippen LogP contribution in [0.15, 0.2) is 36.4 Å². The molecule has 0 unspecified atom stereocenters. The predicted octanol–water partition coefficient (Wildman–Crippen LogP) is 3.37. The normalized spacial score (nSPS) is 10.7. The molecule has 1 aromatic heterocycles. The third-order valence-corrected chi connectivity index (χ3v) is 3.82. The average molecular weight is 312 g/mol. The van der Waals surface area contributed by atoms with Crippen molar-refractivity contribution in [3.8, 4) is 17.2 Å². The second kappa shape index (κ2) is 6.60. The van der Waals surface area contributed by atoms with Crippen molar-refractivity contribution in [2.75, 3.05) is 21.3 Å². The van der Waals surface area contributed by atoms with Gasteiger partial charge in [0, 0.05) is 12.5 Å². The third-order valence-electron chi connectivity index (χ3n) is 3.82. The SMILES string of the molecule is COc1cc2[nH]c(CCc3ccccc3)nc2c(OC)c1OC. The Bertz CT molecular complexity index is 797. The van der Waals surface area contributed by atoms with Crippen molar-refractivity contribution in [1.29, 1.82) is 0 Å². The van der Waals surface area contributed by atoms with Crippen LogP contribution in [0.5, 0.6) is 17.2 Å². The fourth-order valence-corrected chi connectivity index (χ4v) is 2.69. The first kappa shape index (κ1) is 15.2. The molecule has 5 nitrogen and oxygen atoms in total. The topological polar surface area (TPSA) is 56.4 Å². The number of nitrogens with zero attached hydrogens (tertiary/aromatic N) is 1. The van der Waals surface area contributed by atoms with Gasteiger partial charge in [0.25, 0.3) is 0 Å². The first-order valence-electron chi connectivity index (χ1n) is 7.48. The summed E-state index contributed by atoms with van der Waals surface area (Å²) >= 11 is 0. The maximum atomic E-state index is 5.48. The van der Waals surface area contributed by atoms with Gasteiger partial charge in [-0.25, -0.2) is 4.98 Å². The highest BCUT2D eigenvalue weighted by atomic mass is 16.5. The summed E-state index contributed by atoms with van der Waals surface area (Å²) in [6.45, 7) is 0. The molecule has 1 N–H and O–H groups in total. The Balaban J connectivity index is 1.94. The number of ether oxygens (including phenoxy) is 3. The van der Waals surface area contributed by atoms with Gasteiger partial charge in [-0.15, -0.1) is 0 Å². The molecular formula is C18H20N2O3. The van der Waals surface area contributed by atoms with Crippen LogP contribution >= 0.6 is 0 Å². The number of imidazole rings is 1. The molecule has 0 spiro atoms. The highest BCUT2D eigenvalue weighted by molar-refractivity contribution is 5.87. The second-order valence-corrected chi connectivity index (χ2v) is 5.21. The minimum Gasteiger partial charge on any atom is -0.493 e. The molecular weight excluding hydrogens is 292 g/mol. The molecule has 0 atom stereocenters. The highest BCUT2D eigenvalue weighted by Crippen LogP contribution is 2.42. The molecule has 3 aromatic rings. The smallest absolute Gasteiger partial charge is 0.205 e. The van der Waals surface area contributed by atoms with Gasteiger partial charge in [-0.3, -0.25) is 0 Å². The van der Waals surface area contributed by atoms with Crippen LogP contribution in [-0.2, 0) is 12.8 Å². The summed E-state index contributed by atoms with van der Waals surface area (Å²) in [5.74, 6) is 2.68. The number of aromatic nitrogens is 2. The molecule has 0 fully saturated rings. The zero-order chi connectivity index (χ0) is 16.2. The first-order valence-corrected chi connectivity index (χ1v) is 7.48. The van der Waals surface area contributed by atoms with Crippen molar-refractivity contribution in [2.45, 2.75) is 12.8 Å². The quantitative estimate of drug-likeness (QED) is 0.758. The van der Waals surface area contributed by atoms with Gasteiger partial charge >= 0.3 is 0 Å². The van der Waals surface area contributed by atoms with Crippen LogP contribution < -0.4 is 14.2 Å². The van der Waals surface area contributed by atoms with Crippen molar-refractivity contribution in [3.05, 3.63) is 47.8 Å². The standard InChI is InChI=1S/C18H20N2O3/c1-21-14-11-13-16(18(23-3)17(14)22-2)20-15(19-13)10-9-12-7-5-4-6-8-12/h4-8,11H,9-10H2,1-3H3,(H,19,20). The van der Waals surface area contributed by atoms with Gasteiger partial charge in [0.2, 0.25) is 5.75 Å². The summed E-state index contributed by atoms with van der Waals surface area (Å²) < 4.78 is 16.3. The first-order chi connectivity index (χ1) is 11.3. The number of fused-ring (bicyclic) bond motifs is 1. The summed E-state index contributed by atoms with van der Waals surface area (Å²) in [7, 11) is 4.81. The molecule has 0 bridgehead atoms. The lowest BCUT2D eigenvalue weighted by Crippen LogP contribution is -1.95.